The molecule has 2 unspecified atom stereocenters. The minimum absolute atomic E-state index is 0.766. The highest BCUT2D eigenvalue weighted by Crippen LogP contribution is 2.20. The van der Waals surface area contributed by atoms with Gasteiger partial charge in [-0.3, -0.25) is 9.80 Å². The Labute approximate surface area is 233 Å². The van der Waals surface area contributed by atoms with E-state index >= 15 is 0 Å². The first kappa shape index (κ1) is 30.8. The van der Waals surface area contributed by atoms with E-state index in [1.54, 1.807) is 0 Å². The molecule has 0 radical (unpaired) electrons. The summed E-state index contributed by atoms with van der Waals surface area (Å²) >= 11 is 0. The van der Waals surface area contributed by atoms with E-state index in [9.17, 15) is 0 Å². The Bertz CT molecular complexity index is 746. The van der Waals surface area contributed by atoms with Crippen molar-refractivity contribution < 1.29 is 9.47 Å². The summed E-state index contributed by atoms with van der Waals surface area (Å²) in [7, 11) is 0. The zero-order valence-corrected chi connectivity index (χ0v) is 24.4. The molecule has 2 atom stereocenters. The predicted molar refractivity (Wildman–Crippen MR) is 160 cm³/mol. The number of benzene rings is 2. The zero-order chi connectivity index (χ0) is 26.7. The lowest BCUT2D eigenvalue weighted by Crippen LogP contribution is -2.28. The Morgan fingerprint density at radius 2 is 0.921 bits per heavy atom. The second kappa shape index (κ2) is 19.4. The van der Waals surface area contributed by atoms with Crippen molar-refractivity contribution in [2.45, 2.75) is 78.3 Å². The van der Waals surface area contributed by atoms with Crippen molar-refractivity contribution in [3.8, 4) is 0 Å². The van der Waals surface area contributed by atoms with Crippen LogP contribution in [0.15, 0.2) is 60.7 Å². The lowest BCUT2D eigenvalue weighted by Gasteiger charge is -2.26. The summed E-state index contributed by atoms with van der Waals surface area (Å²) in [6.07, 6.45) is 9.60. The van der Waals surface area contributed by atoms with Crippen LogP contribution in [0.5, 0.6) is 0 Å². The molecule has 0 aliphatic carbocycles. The van der Waals surface area contributed by atoms with Crippen LogP contribution in [0.3, 0.4) is 0 Å². The quantitative estimate of drug-likeness (QED) is 0.417. The first-order valence-electron chi connectivity index (χ1n) is 15.4. The van der Waals surface area contributed by atoms with E-state index in [1.165, 1.54) is 49.9 Å². The van der Waals surface area contributed by atoms with Gasteiger partial charge in [-0.05, 0) is 74.6 Å². The van der Waals surface area contributed by atoms with Crippen molar-refractivity contribution in [3.63, 3.8) is 0 Å². The molecule has 1 saturated heterocycles. The summed E-state index contributed by atoms with van der Waals surface area (Å²) in [5, 5.41) is 0. The Balaban J connectivity index is 1.51. The first-order chi connectivity index (χ1) is 18.7. The van der Waals surface area contributed by atoms with Crippen molar-refractivity contribution >= 4 is 0 Å². The zero-order valence-electron chi connectivity index (χ0n) is 24.4. The van der Waals surface area contributed by atoms with Crippen LogP contribution >= 0.6 is 0 Å². The van der Waals surface area contributed by atoms with Crippen molar-refractivity contribution in [3.05, 3.63) is 71.8 Å². The monoisotopic (exact) mass is 522 g/mol. The fourth-order valence-electron chi connectivity index (χ4n) is 5.28. The van der Waals surface area contributed by atoms with Crippen LogP contribution in [0.1, 0.15) is 76.3 Å². The topological polar surface area (TPSA) is 24.9 Å². The third-order valence-corrected chi connectivity index (χ3v) is 7.88. The third kappa shape index (κ3) is 13.9. The molecule has 38 heavy (non-hydrogen) atoms. The van der Waals surface area contributed by atoms with E-state index in [4.69, 9.17) is 9.47 Å². The smallest absolute Gasteiger partial charge is 0.0478 e. The molecule has 0 bridgehead atoms. The molecule has 4 nitrogen and oxygen atoms in total. The molecule has 2 aromatic carbocycles. The second-order valence-electron chi connectivity index (χ2n) is 11.5. The van der Waals surface area contributed by atoms with Gasteiger partial charge in [0.2, 0.25) is 0 Å². The van der Waals surface area contributed by atoms with E-state index in [0.717, 1.165) is 90.1 Å². The van der Waals surface area contributed by atoms with Crippen LogP contribution in [-0.2, 0) is 22.6 Å². The van der Waals surface area contributed by atoms with E-state index in [-0.39, 0.29) is 0 Å². The van der Waals surface area contributed by atoms with Crippen molar-refractivity contribution in [1.82, 2.24) is 9.80 Å². The highest BCUT2D eigenvalue weighted by molar-refractivity contribution is 5.15. The van der Waals surface area contributed by atoms with E-state index < -0.39 is 0 Å². The van der Waals surface area contributed by atoms with Crippen LogP contribution in [0.25, 0.3) is 0 Å². The maximum Gasteiger partial charge on any atom is 0.0478 e. The summed E-state index contributed by atoms with van der Waals surface area (Å²) in [4.78, 5) is 5.28. The standard InChI is InChI=1S/C34H54N2O2/c1-31-17-18-32(2)20-24-36(30-34-15-7-4-8-16-34)22-12-28-38-26-10-9-25-37-27-11-21-35(23-19-31)29-33-13-5-3-6-14-33/h3-8,13-16,31-32H,9-12,17-30H2,1-2H3. The minimum Gasteiger partial charge on any atom is -0.381 e. The number of rotatable bonds is 4. The number of nitrogens with zero attached hydrogens (tertiary/aromatic N) is 2. The normalized spacial score (nSPS) is 23.7. The predicted octanol–water partition coefficient (Wildman–Crippen LogP) is 7.43. The van der Waals surface area contributed by atoms with Gasteiger partial charge in [-0.25, -0.2) is 0 Å². The van der Waals surface area contributed by atoms with Gasteiger partial charge in [0.25, 0.3) is 0 Å². The second-order valence-corrected chi connectivity index (χ2v) is 11.5. The van der Waals surface area contributed by atoms with Crippen molar-refractivity contribution in [2.75, 3.05) is 52.6 Å². The molecule has 0 spiro atoms. The van der Waals surface area contributed by atoms with E-state index in [1.807, 2.05) is 0 Å². The van der Waals surface area contributed by atoms with Gasteiger partial charge in [-0.1, -0.05) is 87.4 Å². The Kier molecular flexibility index (Phi) is 15.7. The van der Waals surface area contributed by atoms with E-state index in [0.29, 0.717) is 0 Å². The molecule has 1 heterocycles. The average molecular weight is 523 g/mol. The fourth-order valence-corrected chi connectivity index (χ4v) is 5.28. The molecule has 1 fully saturated rings. The lowest BCUT2D eigenvalue weighted by molar-refractivity contribution is 0.0908. The van der Waals surface area contributed by atoms with Gasteiger partial charge < -0.3 is 9.47 Å². The number of ether oxygens (including phenoxy) is 2. The molecule has 0 aromatic heterocycles. The molecule has 2 aromatic rings. The van der Waals surface area contributed by atoms with E-state index in [2.05, 4.69) is 84.3 Å². The maximum atomic E-state index is 5.96. The number of hydrogen-bond acceptors (Lipinski definition) is 4. The molecule has 1 aliphatic rings. The summed E-state index contributed by atoms with van der Waals surface area (Å²) in [6.45, 7) is 15.0. The molecule has 0 saturated carbocycles. The highest BCUT2D eigenvalue weighted by Gasteiger charge is 2.13. The summed E-state index contributed by atoms with van der Waals surface area (Å²) in [5.74, 6) is 1.53. The maximum absolute atomic E-state index is 5.96. The van der Waals surface area contributed by atoms with Crippen LogP contribution in [-0.4, -0.2) is 62.4 Å². The fraction of sp³-hybridized carbons (Fsp3) is 0.647. The van der Waals surface area contributed by atoms with Crippen LogP contribution in [0.4, 0.5) is 0 Å². The molecular weight excluding hydrogens is 468 g/mol. The Morgan fingerprint density at radius 1 is 0.526 bits per heavy atom. The van der Waals surface area contributed by atoms with Gasteiger partial charge in [-0.2, -0.15) is 0 Å². The molecule has 0 N–H and O–H groups in total. The molecule has 212 valence electrons. The molecule has 3 rings (SSSR count). The molecular formula is C34H54N2O2. The van der Waals surface area contributed by atoms with Gasteiger partial charge in [-0.15, -0.1) is 0 Å². The van der Waals surface area contributed by atoms with Gasteiger partial charge in [0.05, 0.1) is 0 Å². The first-order valence-corrected chi connectivity index (χ1v) is 15.4. The highest BCUT2D eigenvalue weighted by atomic mass is 16.5. The SMILES string of the molecule is CC1CCC(C)CCN(Cc2ccccc2)CCCOCCCCOCCCN(Cc2ccccc2)CC1. The minimum atomic E-state index is 0.766. The summed E-state index contributed by atoms with van der Waals surface area (Å²) in [5.41, 5.74) is 2.83. The van der Waals surface area contributed by atoms with Crippen molar-refractivity contribution in [2.24, 2.45) is 11.8 Å². The van der Waals surface area contributed by atoms with Crippen molar-refractivity contribution in [1.29, 1.82) is 0 Å². The number of hydrogen-bond donors (Lipinski definition) is 0. The lowest BCUT2D eigenvalue weighted by atomic mass is 9.93. The third-order valence-electron chi connectivity index (χ3n) is 7.88. The van der Waals surface area contributed by atoms with Gasteiger partial charge in [0.15, 0.2) is 0 Å². The van der Waals surface area contributed by atoms with Gasteiger partial charge >= 0.3 is 0 Å². The largest absolute Gasteiger partial charge is 0.381 e. The Hall–Kier alpha value is -1.72. The van der Waals surface area contributed by atoms with Crippen LogP contribution in [0, 0.1) is 11.8 Å². The van der Waals surface area contributed by atoms with Crippen LogP contribution in [0.2, 0.25) is 0 Å². The van der Waals surface area contributed by atoms with Gasteiger partial charge in [0.1, 0.15) is 0 Å². The molecule has 1 aliphatic heterocycles. The molecule has 4 heteroatoms. The summed E-state index contributed by atoms with van der Waals surface area (Å²) < 4.78 is 11.9. The average Bonchev–Trinajstić information content (AvgIpc) is 2.94. The van der Waals surface area contributed by atoms with Gasteiger partial charge in [0, 0.05) is 52.6 Å². The Morgan fingerprint density at radius 3 is 1.34 bits per heavy atom. The molecule has 0 amide bonds. The summed E-state index contributed by atoms with van der Waals surface area (Å²) in [6, 6.07) is 21.9. The van der Waals surface area contributed by atoms with Crippen LogP contribution < -0.4 is 0 Å².